The molecule has 2 saturated heterocycles. The van der Waals surface area contributed by atoms with E-state index in [4.69, 9.17) is 9.47 Å². The highest BCUT2D eigenvalue weighted by Gasteiger charge is 2.42. The summed E-state index contributed by atoms with van der Waals surface area (Å²) in [6.45, 7) is 1.73. The molecule has 82 valence electrons. The molecule has 0 saturated carbocycles. The molecular weight excluding hydrogens is 274 g/mol. The topological polar surface area (TPSA) is 55.8 Å². The summed E-state index contributed by atoms with van der Waals surface area (Å²) >= 11 is 3.00. The van der Waals surface area contributed by atoms with Gasteiger partial charge in [-0.25, -0.2) is 8.42 Å². The highest BCUT2D eigenvalue weighted by molar-refractivity contribution is 9.10. The van der Waals surface area contributed by atoms with Crippen LogP contribution in [0.2, 0.25) is 0 Å². The predicted octanol–water partition coefficient (Wildman–Crippen LogP) is -0.232. The largest absolute Gasteiger partial charge is 0.378 e. The van der Waals surface area contributed by atoms with Gasteiger partial charge in [0.05, 0.1) is 38.5 Å². The minimum Gasteiger partial charge on any atom is -0.378 e. The molecule has 0 aromatic carbocycles. The first kappa shape index (κ1) is 10.8. The number of sulfonamides is 1. The lowest BCUT2D eigenvalue weighted by atomic mass is 10.2. The molecule has 0 unspecified atom stereocenters. The molecule has 0 amide bonds. The third kappa shape index (κ3) is 1.83. The van der Waals surface area contributed by atoms with Crippen LogP contribution in [0.1, 0.15) is 0 Å². The van der Waals surface area contributed by atoms with Crippen molar-refractivity contribution in [3.8, 4) is 0 Å². The Hall–Kier alpha value is 0.310. The van der Waals surface area contributed by atoms with Crippen molar-refractivity contribution in [3.63, 3.8) is 0 Å². The number of morpholine rings is 2. The molecular formula is C7H12BrNO4S. The van der Waals surface area contributed by atoms with E-state index < -0.39 is 10.0 Å². The van der Waals surface area contributed by atoms with Crippen LogP contribution in [-0.4, -0.2) is 55.9 Å². The lowest BCUT2D eigenvalue weighted by molar-refractivity contribution is -0.102. The maximum absolute atomic E-state index is 11.7. The fourth-order valence-electron chi connectivity index (χ4n) is 1.88. The van der Waals surface area contributed by atoms with Crippen molar-refractivity contribution in [2.24, 2.45) is 0 Å². The molecule has 0 aromatic rings. The van der Waals surface area contributed by atoms with Gasteiger partial charge in [-0.05, 0) is 0 Å². The van der Waals surface area contributed by atoms with E-state index in [2.05, 4.69) is 15.9 Å². The fourth-order valence-corrected chi connectivity index (χ4v) is 3.85. The summed E-state index contributed by atoms with van der Waals surface area (Å²) in [6.07, 6.45) is 0. The zero-order valence-corrected chi connectivity index (χ0v) is 9.96. The molecule has 2 heterocycles. The normalized spacial score (nSPS) is 34.4. The van der Waals surface area contributed by atoms with Gasteiger partial charge < -0.3 is 9.47 Å². The van der Waals surface area contributed by atoms with Gasteiger partial charge >= 0.3 is 0 Å². The predicted molar refractivity (Wildman–Crippen MR) is 53.8 cm³/mol. The second kappa shape index (κ2) is 4.05. The fraction of sp³-hybridized carbons (Fsp3) is 1.00. The van der Waals surface area contributed by atoms with Crippen LogP contribution in [0, 0.1) is 0 Å². The summed E-state index contributed by atoms with van der Waals surface area (Å²) < 4.78 is 35.6. The quantitative estimate of drug-likeness (QED) is 0.658. The third-order valence-electron chi connectivity index (χ3n) is 2.42. The Morgan fingerprint density at radius 2 is 1.57 bits per heavy atom. The number of rotatable bonds is 2. The lowest BCUT2D eigenvalue weighted by Crippen LogP contribution is -2.61. The lowest BCUT2D eigenvalue weighted by Gasteiger charge is -2.43. The summed E-state index contributed by atoms with van der Waals surface area (Å²) in [4.78, 5) is 0. The Morgan fingerprint density at radius 1 is 1.14 bits per heavy atom. The molecule has 5 nitrogen and oxygen atoms in total. The van der Waals surface area contributed by atoms with E-state index >= 15 is 0 Å². The third-order valence-corrected chi connectivity index (χ3v) is 5.67. The number of hydrogen-bond donors (Lipinski definition) is 0. The van der Waals surface area contributed by atoms with Crippen molar-refractivity contribution in [2.75, 3.05) is 31.1 Å². The molecule has 0 radical (unpaired) electrons. The van der Waals surface area contributed by atoms with E-state index in [1.165, 1.54) is 4.31 Å². The second-order valence-corrected chi connectivity index (χ2v) is 6.61. The first-order valence-electron chi connectivity index (χ1n) is 4.38. The van der Waals surface area contributed by atoms with E-state index in [0.29, 0.717) is 26.4 Å². The Bertz CT molecular complexity index is 285. The number of fused-ring (bicyclic) bond motifs is 2. The van der Waals surface area contributed by atoms with Crippen LogP contribution in [0.4, 0.5) is 0 Å². The van der Waals surface area contributed by atoms with E-state index in [9.17, 15) is 8.42 Å². The standard InChI is InChI=1S/C7H12BrNO4S/c8-5-14(10,11)9-6-1-12-3-7(9)4-13-2-6/h6-7H,1-5H2. The van der Waals surface area contributed by atoms with Crippen molar-refractivity contribution in [1.82, 2.24) is 4.31 Å². The minimum atomic E-state index is -3.19. The van der Waals surface area contributed by atoms with Gasteiger partial charge in [-0.15, -0.1) is 0 Å². The SMILES string of the molecule is O=S(=O)(CBr)N1C2COCC1COC2. The zero-order chi connectivity index (χ0) is 10.2. The molecule has 0 atom stereocenters. The Labute approximate surface area is 91.5 Å². The van der Waals surface area contributed by atoms with Crippen molar-refractivity contribution in [3.05, 3.63) is 0 Å². The number of alkyl halides is 1. The summed E-state index contributed by atoms with van der Waals surface area (Å²) in [5.74, 6) is 0. The first-order chi connectivity index (χ1) is 6.65. The second-order valence-electron chi connectivity index (χ2n) is 3.43. The van der Waals surface area contributed by atoms with E-state index in [1.807, 2.05) is 0 Å². The van der Waals surface area contributed by atoms with Crippen LogP contribution in [-0.2, 0) is 19.5 Å². The summed E-state index contributed by atoms with van der Waals surface area (Å²) in [5.41, 5.74) is 0. The molecule has 2 bridgehead atoms. The molecule has 0 spiro atoms. The first-order valence-corrected chi connectivity index (χ1v) is 7.11. The Balaban J connectivity index is 2.24. The van der Waals surface area contributed by atoms with Crippen LogP contribution in [0.3, 0.4) is 0 Å². The number of ether oxygens (including phenoxy) is 2. The van der Waals surface area contributed by atoms with Gasteiger partial charge in [0, 0.05) is 0 Å². The zero-order valence-electron chi connectivity index (χ0n) is 7.56. The molecule has 2 aliphatic heterocycles. The molecule has 2 fully saturated rings. The van der Waals surface area contributed by atoms with E-state index in [0.717, 1.165) is 0 Å². The summed E-state index contributed by atoms with van der Waals surface area (Å²) in [6, 6.07) is -0.296. The van der Waals surface area contributed by atoms with Gasteiger partial charge in [0.25, 0.3) is 0 Å². The van der Waals surface area contributed by atoms with Gasteiger partial charge in [-0.1, -0.05) is 15.9 Å². The maximum Gasteiger partial charge on any atom is 0.224 e. The smallest absolute Gasteiger partial charge is 0.224 e. The monoisotopic (exact) mass is 285 g/mol. The van der Waals surface area contributed by atoms with Gasteiger partial charge in [-0.3, -0.25) is 0 Å². The van der Waals surface area contributed by atoms with Crippen LogP contribution in [0.15, 0.2) is 0 Å². The van der Waals surface area contributed by atoms with Gasteiger partial charge in [-0.2, -0.15) is 4.31 Å². The number of hydrogen-bond acceptors (Lipinski definition) is 4. The molecule has 7 heteroatoms. The van der Waals surface area contributed by atoms with Gasteiger partial charge in [0.1, 0.15) is 4.66 Å². The van der Waals surface area contributed by atoms with Crippen LogP contribution < -0.4 is 0 Å². The van der Waals surface area contributed by atoms with Gasteiger partial charge in [0.2, 0.25) is 10.0 Å². The van der Waals surface area contributed by atoms with Crippen molar-refractivity contribution >= 4 is 26.0 Å². The maximum atomic E-state index is 11.7. The average Bonchev–Trinajstić information content (AvgIpc) is 2.16. The summed E-state index contributed by atoms with van der Waals surface area (Å²) in [5, 5.41) is 0. The molecule has 14 heavy (non-hydrogen) atoms. The van der Waals surface area contributed by atoms with Gasteiger partial charge in [0.15, 0.2) is 0 Å². The van der Waals surface area contributed by atoms with Crippen LogP contribution >= 0.6 is 15.9 Å². The van der Waals surface area contributed by atoms with Crippen molar-refractivity contribution in [2.45, 2.75) is 12.1 Å². The Morgan fingerprint density at radius 3 is 1.93 bits per heavy atom. The molecule has 0 aromatic heterocycles. The van der Waals surface area contributed by atoms with Crippen LogP contribution in [0.5, 0.6) is 0 Å². The molecule has 0 aliphatic carbocycles. The number of halogens is 1. The summed E-state index contributed by atoms with van der Waals surface area (Å²) in [7, 11) is -3.19. The molecule has 2 rings (SSSR count). The highest BCUT2D eigenvalue weighted by atomic mass is 79.9. The van der Waals surface area contributed by atoms with E-state index in [1.54, 1.807) is 0 Å². The molecule has 0 N–H and O–H groups in total. The van der Waals surface area contributed by atoms with Crippen LogP contribution in [0.25, 0.3) is 0 Å². The Kier molecular flexibility index (Phi) is 3.13. The average molecular weight is 286 g/mol. The minimum absolute atomic E-state index is 0.0347. The van der Waals surface area contributed by atoms with Crippen molar-refractivity contribution < 1.29 is 17.9 Å². The van der Waals surface area contributed by atoms with Crippen molar-refractivity contribution in [1.29, 1.82) is 0 Å². The van der Waals surface area contributed by atoms with E-state index in [-0.39, 0.29) is 16.7 Å². The highest BCUT2D eigenvalue weighted by Crippen LogP contribution is 2.23. The molecule has 2 aliphatic rings. The number of nitrogens with zero attached hydrogens (tertiary/aromatic N) is 1.